The van der Waals surface area contributed by atoms with Gasteiger partial charge >= 0.3 is 5.97 Å². The number of nitrogens with zero attached hydrogens (tertiary/aromatic N) is 1. The van der Waals surface area contributed by atoms with Crippen LogP contribution < -0.4 is 4.74 Å². The largest absolute Gasteiger partial charge is 0.481 e. The fraction of sp³-hybridized carbons (Fsp3) is 0.556. The molecule has 0 radical (unpaired) electrons. The fourth-order valence-corrected chi connectivity index (χ4v) is 2.99. The smallest absolute Gasteiger partial charge is 0.308 e. The number of hydrogen-bond donors (Lipinski definition) is 0. The number of likely N-dealkylation sites (tertiary alicyclic amines) is 1. The minimum Gasteiger partial charge on any atom is -0.481 e. The molecule has 1 aromatic carbocycles. The van der Waals surface area contributed by atoms with Crippen molar-refractivity contribution in [3.8, 4) is 5.75 Å². The molecule has 1 fully saturated rings. The number of halogens is 1. The van der Waals surface area contributed by atoms with Gasteiger partial charge in [0.2, 0.25) is 0 Å². The summed E-state index contributed by atoms with van der Waals surface area (Å²) in [5.41, 5.74) is 0.912. The van der Waals surface area contributed by atoms with E-state index in [0.717, 1.165) is 5.56 Å². The van der Waals surface area contributed by atoms with E-state index in [2.05, 4.69) is 0 Å². The maximum atomic E-state index is 12.7. The quantitative estimate of drug-likeness (QED) is 0.763. The van der Waals surface area contributed by atoms with Gasteiger partial charge in [-0.1, -0.05) is 18.5 Å². The van der Waals surface area contributed by atoms with Gasteiger partial charge in [-0.25, -0.2) is 0 Å². The predicted octanol–water partition coefficient (Wildman–Crippen LogP) is 3.22. The van der Waals surface area contributed by atoms with Crippen LogP contribution in [0.4, 0.5) is 0 Å². The molecule has 1 aliphatic rings. The Kier molecular flexibility index (Phi) is 6.49. The molecule has 1 aromatic rings. The molecule has 1 aliphatic heterocycles. The van der Waals surface area contributed by atoms with Crippen LogP contribution in [-0.4, -0.2) is 43.1 Å². The molecule has 0 aliphatic carbocycles. The van der Waals surface area contributed by atoms with Gasteiger partial charge in [0.15, 0.2) is 6.10 Å². The number of amides is 1. The Morgan fingerprint density at radius 2 is 2.00 bits per heavy atom. The van der Waals surface area contributed by atoms with Crippen LogP contribution in [0.1, 0.15) is 31.7 Å². The third-order valence-corrected chi connectivity index (χ3v) is 4.82. The van der Waals surface area contributed by atoms with Gasteiger partial charge in [0.25, 0.3) is 5.91 Å². The molecule has 0 aromatic heterocycles. The first-order valence-corrected chi connectivity index (χ1v) is 8.63. The van der Waals surface area contributed by atoms with E-state index in [1.807, 2.05) is 19.9 Å². The number of rotatable bonds is 5. The number of carbonyl (C=O) groups excluding carboxylic acids is 2. The van der Waals surface area contributed by atoms with Crippen LogP contribution >= 0.6 is 11.6 Å². The van der Waals surface area contributed by atoms with Crippen LogP contribution in [0.25, 0.3) is 0 Å². The second kappa shape index (κ2) is 8.38. The van der Waals surface area contributed by atoms with E-state index in [-0.39, 0.29) is 17.8 Å². The summed E-state index contributed by atoms with van der Waals surface area (Å²) in [6.45, 7) is 4.93. The first-order chi connectivity index (χ1) is 11.5. The predicted molar refractivity (Wildman–Crippen MR) is 92.2 cm³/mol. The molecule has 24 heavy (non-hydrogen) atoms. The average Bonchev–Trinajstić information content (AvgIpc) is 2.61. The number of piperidine rings is 1. The van der Waals surface area contributed by atoms with Crippen molar-refractivity contribution in [2.24, 2.45) is 5.92 Å². The molecular weight excluding hydrogens is 330 g/mol. The van der Waals surface area contributed by atoms with Crippen LogP contribution in [-0.2, 0) is 14.3 Å². The molecule has 0 N–H and O–H groups in total. The number of carbonyl (C=O) groups is 2. The van der Waals surface area contributed by atoms with E-state index in [0.29, 0.717) is 43.1 Å². The molecule has 0 saturated carbocycles. The molecule has 2 rings (SSSR count). The van der Waals surface area contributed by atoms with Crippen molar-refractivity contribution in [1.82, 2.24) is 4.90 Å². The highest BCUT2D eigenvalue weighted by Crippen LogP contribution is 2.24. The number of hydrogen-bond acceptors (Lipinski definition) is 4. The Labute approximate surface area is 147 Å². The van der Waals surface area contributed by atoms with Gasteiger partial charge in [-0.3, -0.25) is 9.59 Å². The van der Waals surface area contributed by atoms with Crippen molar-refractivity contribution in [2.75, 3.05) is 20.2 Å². The van der Waals surface area contributed by atoms with Crippen molar-refractivity contribution >= 4 is 23.5 Å². The van der Waals surface area contributed by atoms with Crippen molar-refractivity contribution < 1.29 is 19.1 Å². The molecule has 0 unspecified atom stereocenters. The van der Waals surface area contributed by atoms with Crippen LogP contribution in [0.15, 0.2) is 18.2 Å². The molecule has 6 heteroatoms. The van der Waals surface area contributed by atoms with Crippen molar-refractivity contribution in [2.45, 2.75) is 39.2 Å². The Bertz CT molecular complexity index is 597. The topological polar surface area (TPSA) is 55.8 Å². The van der Waals surface area contributed by atoms with E-state index in [1.165, 1.54) is 7.11 Å². The van der Waals surface area contributed by atoms with E-state index in [4.69, 9.17) is 21.1 Å². The van der Waals surface area contributed by atoms with E-state index >= 15 is 0 Å². The molecule has 1 amide bonds. The monoisotopic (exact) mass is 353 g/mol. The van der Waals surface area contributed by atoms with Crippen LogP contribution in [0.2, 0.25) is 5.02 Å². The highest BCUT2D eigenvalue weighted by atomic mass is 35.5. The minimum absolute atomic E-state index is 0.0339. The zero-order chi connectivity index (χ0) is 17.7. The van der Waals surface area contributed by atoms with Gasteiger partial charge in [-0.15, -0.1) is 0 Å². The fourth-order valence-electron chi connectivity index (χ4n) is 2.87. The molecule has 1 atom stereocenters. The third kappa shape index (κ3) is 4.41. The molecule has 0 spiro atoms. The van der Waals surface area contributed by atoms with E-state index < -0.39 is 6.10 Å². The highest BCUT2D eigenvalue weighted by Gasteiger charge is 2.31. The summed E-state index contributed by atoms with van der Waals surface area (Å²) in [6.07, 6.45) is 1.32. The summed E-state index contributed by atoms with van der Waals surface area (Å²) in [5.74, 6) is 0.302. The lowest BCUT2D eigenvalue weighted by molar-refractivity contribution is -0.150. The summed E-state index contributed by atoms with van der Waals surface area (Å²) in [5, 5.41) is 0.673. The number of esters is 1. The average molecular weight is 354 g/mol. The number of ether oxygens (including phenoxy) is 2. The zero-order valence-corrected chi connectivity index (χ0v) is 15.1. The van der Waals surface area contributed by atoms with E-state index in [1.54, 1.807) is 17.0 Å². The second-order valence-corrected chi connectivity index (χ2v) is 6.46. The molecular formula is C18H24ClNO4. The molecule has 1 saturated heterocycles. The summed E-state index contributed by atoms with van der Waals surface area (Å²) >= 11 is 6.02. The maximum absolute atomic E-state index is 12.7. The minimum atomic E-state index is -0.528. The zero-order valence-electron chi connectivity index (χ0n) is 14.4. The van der Waals surface area contributed by atoms with Gasteiger partial charge in [-0.05, 0) is 49.9 Å². The van der Waals surface area contributed by atoms with Gasteiger partial charge in [0.05, 0.1) is 13.0 Å². The summed E-state index contributed by atoms with van der Waals surface area (Å²) in [7, 11) is 1.40. The Morgan fingerprint density at radius 3 is 2.54 bits per heavy atom. The molecule has 1 heterocycles. The normalized spacial score (nSPS) is 16.6. The third-order valence-electron chi connectivity index (χ3n) is 4.40. The first kappa shape index (κ1) is 18.6. The Morgan fingerprint density at radius 1 is 1.33 bits per heavy atom. The lowest BCUT2D eigenvalue weighted by atomic mass is 9.96. The lowest BCUT2D eigenvalue weighted by Gasteiger charge is -2.33. The number of aryl methyl sites for hydroxylation is 1. The van der Waals surface area contributed by atoms with Gasteiger partial charge in [0.1, 0.15) is 5.75 Å². The first-order valence-electron chi connectivity index (χ1n) is 8.25. The van der Waals surface area contributed by atoms with Gasteiger partial charge in [-0.2, -0.15) is 0 Å². The van der Waals surface area contributed by atoms with Gasteiger partial charge in [0, 0.05) is 18.1 Å². The van der Waals surface area contributed by atoms with Crippen LogP contribution in [0.5, 0.6) is 5.75 Å². The highest BCUT2D eigenvalue weighted by molar-refractivity contribution is 6.31. The van der Waals surface area contributed by atoms with Gasteiger partial charge < -0.3 is 14.4 Å². The van der Waals surface area contributed by atoms with E-state index in [9.17, 15) is 9.59 Å². The lowest BCUT2D eigenvalue weighted by Crippen LogP contribution is -2.46. The summed E-state index contributed by atoms with van der Waals surface area (Å²) < 4.78 is 10.6. The van der Waals surface area contributed by atoms with Crippen molar-refractivity contribution in [3.05, 3.63) is 28.8 Å². The van der Waals surface area contributed by atoms with Crippen molar-refractivity contribution in [1.29, 1.82) is 0 Å². The second-order valence-electron chi connectivity index (χ2n) is 6.05. The van der Waals surface area contributed by atoms with Crippen molar-refractivity contribution in [3.63, 3.8) is 0 Å². The Balaban J connectivity index is 1.96. The number of methoxy groups -OCH3 is 1. The molecule has 132 valence electrons. The van der Waals surface area contributed by atoms with Crippen LogP contribution in [0.3, 0.4) is 0 Å². The van der Waals surface area contributed by atoms with Crippen LogP contribution in [0, 0.1) is 12.8 Å². The Hall–Kier alpha value is -1.75. The molecule has 5 nitrogen and oxygen atoms in total. The SMILES string of the molecule is CC[C@H](Oc1ccc(Cl)c(C)c1)C(=O)N1CCC(C(=O)OC)CC1. The number of benzene rings is 1. The maximum Gasteiger partial charge on any atom is 0.308 e. The standard InChI is InChI=1S/C18H24ClNO4/c1-4-16(24-14-5-6-15(19)12(2)11-14)17(21)20-9-7-13(8-10-20)18(22)23-3/h5-6,11,13,16H,4,7-10H2,1-3H3/t16-/m0/s1. The summed E-state index contributed by atoms with van der Waals surface area (Å²) in [6, 6.07) is 5.38. The molecule has 0 bridgehead atoms. The summed E-state index contributed by atoms with van der Waals surface area (Å²) in [4.78, 5) is 26.0.